The molecule has 0 N–H and O–H groups in total. The van der Waals surface area contributed by atoms with Crippen molar-refractivity contribution in [2.24, 2.45) is 0 Å². The summed E-state index contributed by atoms with van der Waals surface area (Å²) in [7, 11) is 0. The van der Waals surface area contributed by atoms with Crippen LogP contribution in [0, 0.1) is 0 Å². The summed E-state index contributed by atoms with van der Waals surface area (Å²) in [5.74, 6) is 0. The fourth-order valence-electron chi connectivity index (χ4n) is 1.27. The molecule has 1 heterocycles. The van der Waals surface area contributed by atoms with E-state index in [1.54, 1.807) is 0 Å². The topological polar surface area (TPSA) is 12.5 Å². The molecule has 2 nitrogen and oxygen atoms in total. The van der Waals surface area contributed by atoms with Crippen molar-refractivity contribution >= 4 is 0 Å². The first kappa shape index (κ1) is 7.61. The van der Waals surface area contributed by atoms with Gasteiger partial charge in [0.25, 0.3) is 0 Å². The van der Waals surface area contributed by atoms with Crippen molar-refractivity contribution in [3.05, 3.63) is 12.8 Å². The van der Waals surface area contributed by atoms with E-state index in [-0.39, 0.29) is 0 Å². The molecule has 58 valence electrons. The quantitative estimate of drug-likeness (QED) is 0.431. The van der Waals surface area contributed by atoms with Crippen molar-refractivity contribution in [1.82, 2.24) is 4.90 Å². The van der Waals surface area contributed by atoms with Gasteiger partial charge in [0.2, 0.25) is 0 Å². The van der Waals surface area contributed by atoms with E-state index in [1.807, 2.05) is 0 Å². The summed E-state index contributed by atoms with van der Waals surface area (Å²) in [6.07, 6.45) is 4.22. The zero-order valence-corrected chi connectivity index (χ0v) is 6.38. The van der Waals surface area contributed by atoms with E-state index in [1.165, 1.54) is 32.2 Å². The van der Waals surface area contributed by atoms with Crippen molar-refractivity contribution in [2.75, 3.05) is 26.2 Å². The molecule has 1 rings (SSSR count). The van der Waals surface area contributed by atoms with Gasteiger partial charge in [0.15, 0.2) is 0 Å². The molecule has 0 spiro atoms. The Morgan fingerprint density at radius 2 is 2.10 bits per heavy atom. The van der Waals surface area contributed by atoms with Crippen LogP contribution in [0.3, 0.4) is 0 Å². The maximum atomic E-state index is 5.02. The first-order valence-electron chi connectivity index (χ1n) is 3.88. The summed E-state index contributed by atoms with van der Waals surface area (Å²) in [4.78, 5) is 2.42. The molecule has 1 aliphatic heterocycles. The molecule has 0 aromatic rings. The second kappa shape index (κ2) is 4.34. The van der Waals surface area contributed by atoms with E-state index in [9.17, 15) is 0 Å². The molecule has 0 bridgehead atoms. The standard InChI is InChI=1S/C8H15NO/c1-2-10-8-7-9-5-3-4-6-9/h2H,1,3-8H2. The molecule has 0 saturated carbocycles. The van der Waals surface area contributed by atoms with Gasteiger partial charge in [-0.25, -0.2) is 0 Å². The molecule has 1 saturated heterocycles. The van der Waals surface area contributed by atoms with Crippen LogP contribution in [0.5, 0.6) is 0 Å². The molecule has 0 atom stereocenters. The summed E-state index contributed by atoms with van der Waals surface area (Å²) in [5, 5.41) is 0. The zero-order valence-electron chi connectivity index (χ0n) is 6.38. The predicted octanol–water partition coefficient (Wildman–Crippen LogP) is 1.24. The maximum absolute atomic E-state index is 5.02. The van der Waals surface area contributed by atoms with Gasteiger partial charge >= 0.3 is 0 Å². The van der Waals surface area contributed by atoms with Crippen LogP contribution in [0.25, 0.3) is 0 Å². The summed E-state index contributed by atoms with van der Waals surface area (Å²) in [6.45, 7) is 7.84. The molecule has 1 fully saturated rings. The van der Waals surface area contributed by atoms with Gasteiger partial charge in [-0.2, -0.15) is 0 Å². The number of hydrogen-bond donors (Lipinski definition) is 0. The summed E-state index contributed by atoms with van der Waals surface area (Å²) >= 11 is 0. The van der Waals surface area contributed by atoms with Gasteiger partial charge in [0.1, 0.15) is 0 Å². The third-order valence-electron chi connectivity index (χ3n) is 1.84. The molecular weight excluding hydrogens is 126 g/mol. The molecule has 0 aromatic heterocycles. The highest BCUT2D eigenvalue weighted by molar-refractivity contribution is 4.65. The van der Waals surface area contributed by atoms with E-state index < -0.39 is 0 Å². The van der Waals surface area contributed by atoms with E-state index >= 15 is 0 Å². The van der Waals surface area contributed by atoms with Crippen molar-refractivity contribution in [3.63, 3.8) is 0 Å². The normalized spacial score (nSPS) is 19.2. The van der Waals surface area contributed by atoms with Crippen LogP contribution in [-0.2, 0) is 4.74 Å². The van der Waals surface area contributed by atoms with Gasteiger partial charge in [-0.05, 0) is 25.9 Å². The van der Waals surface area contributed by atoms with Crippen molar-refractivity contribution < 1.29 is 4.74 Å². The highest BCUT2D eigenvalue weighted by Gasteiger charge is 2.09. The van der Waals surface area contributed by atoms with E-state index in [4.69, 9.17) is 4.74 Å². The Morgan fingerprint density at radius 1 is 1.40 bits per heavy atom. The van der Waals surface area contributed by atoms with Crippen molar-refractivity contribution in [2.45, 2.75) is 12.8 Å². The second-order valence-electron chi connectivity index (χ2n) is 2.59. The molecule has 0 radical (unpaired) electrons. The third-order valence-corrected chi connectivity index (χ3v) is 1.84. The Balaban J connectivity index is 1.96. The monoisotopic (exact) mass is 141 g/mol. The Morgan fingerprint density at radius 3 is 2.70 bits per heavy atom. The Kier molecular flexibility index (Phi) is 3.30. The van der Waals surface area contributed by atoms with E-state index in [0.717, 1.165) is 13.2 Å². The van der Waals surface area contributed by atoms with Crippen LogP contribution in [0.1, 0.15) is 12.8 Å². The first-order chi connectivity index (χ1) is 4.93. The number of nitrogens with zero attached hydrogens (tertiary/aromatic N) is 1. The molecule has 2 heteroatoms. The lowest BCUT2D eigenvalue weighted by Gasteiger charge is -2.12. The highest BCUT2D eigenvalue weighted by Crippen LogP contribution is 2.05. The lowest BCUT2D eigenvalue weighted by Crippen LogP contribution is -2.23. The Bertz CT molecular complexity index is 97.4. The molecule has 0 aromatic carbocycles. The number of ether oxygens (including phenoxy) is 1. The van der Waals surface area contributed by atoms with Crippen molar-refractivity contribution in [3.8, 4) is 0 Å². The van der Waals surface area contributed by atoms with Crippen LogP contribution in [-0.4, -0.2) is 31.1 Å². The SMILES string of the molecule is C=COCCN1CCCC1. The minimum Gasteiger partial charge on any atom is -0.500 e. The predicted molar refractivity (Wildman–Crippen MR) is 41.8 cm³/mol. The minimum absolute atomic E-state index is 0.795. The van der Waals surface area contributed by atoms with Crippen molar-refractivity contribution in [1.29, 1.82) is 0 Å². The van der Waals surface area contributed by atoms with Crippen LogP contribution < -0.4 is 0 Å². The number of rotatable bonds is 4. The first-order valence-corrected chi connectivity index (χ1v) is 3.88. The van der Waals surface area contributed by atoms with Crippen LogP contribution in [0.2, 0.25) is 0 Å². The van der Waals surface area contributed by atoms with Gasteiger partial charge in [-0.15, -0.1) is 0 Å². The van der Waals surface area contributed by atoms with E-state index in [0.29, 0.717) is 0 Å². The highest BCUT2D eigenvalue weighted by atomic mass is 16.5. The lowest BCUT2D eigenvalue weighted by molar-refractivity contribution is 0.197. The van der Waals surface area contributed by atoms with Crippen LogP contribution in [0.15, 0.2) is 12.8 Å². The fourth-order valence-corrected chi connectivity index (χ4v) is 1.27. The average Bonchev–Trinajstić information content (AvgIpc) is 2.41. The minimum atomic E-state index is 0.795. The molecule has 0 aliphatic carbocycles. The lowest BCUT2D eigenvalue weighted by atomic mass is 10.4. The third kappa shape index (κ3) is 2.40. The van der Waals surface area contributed by atoms with Crippen LogP contribution >= 0.6 is 0 Å². The summed E-state index contributed by atoms with van der Waals surface area (Å²) in [5.41, 5.74) is 0. The average molecular weight is 141 g/mol. The number of likely N-dealkylation sites (tertiary alicyclic amines) is 1. The van der Waals surface area contributed by atoms with Crippen LogP contribution in [0.4, 0.5) is 0 Å². The fraction of sp³-hybridized carbons (Fsp3) is 0.750. The smallest absolute Gasteiger partial charge is 0.0999 e. The molecular formula is C8H15NO. The molecule has 1 aliphatic rings. The molecule has 0 unspecified atom stereocenters. The van der Waals surface area contributed by atoms with Gasteiger partial charge in [-0.1, -0.05) is 6.58 Å². The van der Waals surface area contributed by atoms with Gasteiger partial charge in [0, 0.05) is 6.54 Å². The van der Waals surface area contributed by atoms with Gasteiger partial charge in [0.05, 0.1) is 12.9 Å². The zero-order chi connectivity index (χ0) is 7.23. The maximum Gasteiger partial charge on any atom is 0.0999 e. The Labute approximate surface area is 62.5 Å². The van der Waals surface area contributed by atoms with E-state index in [2.05, 4.69) is 11.5 Å². The van der Waals surface area contributed by atoms with Gasteiger partial charge < -0.3 is 4.74 Å². The summed E-state index contributed by atoms with van der Waals surface area (Å²) in [6, 6.07) is 0. The van der Waals surface area contributed by atoms with Gasteiger partial charge in [-0.3, -0.25) is 4.90 Å². The molecule has 10 heavy (non-hydrogen) atoms. The Hall–Kier alpha value is -0.500. The second-order valence-corrected chi connectivity index (χ2v) is 2.59. The largest absolute Gasteiger partial charge is 0.500 e. The molecule has 0 amide bonds. The number of hydrogen-bond acceptors (Lipinski definition) is 2. The summed E-state index contributed by atoms with van der Waals surface area (Å²) < 4.78 is 5.02.